The molecule has 2 aromatic carbocycles. The number of aldehydes is 1. The summed E-state index contributed by atoms with van der Waals surface area (Å²) in [5.41, 5.74) is 2.90. The average Bonchev–Trinajstić information content (AvgIpc) is 2.59. The summed E-state index contributed by atoms with van der Waals surface area (Å²) in [5.74, 6) is 2.11. The van der Waals surface area contributed by atoms with Crippen LogP contribution in [0.1, 0.15) is 34.3 Å². The Morgan fingerprint density at radius 2 is 1.72 bits per heavy atom. The first-order valence-electron chi connectivity index (χ1n) is 8.20. The van der Waals surface area contributed by atoms with Gasteiger partial charge in [-0.2, -0.15) is 0 Å². The van der Waals surface area contributed by atoms with Gasteiger partial charge in [-0.15, -0.1) is 0 Å². The highest BCUT2D eigenvalue weighted by Crippen LogP contribution is 2.30. The Balaban J connectivity index is 1.76. The van der Waals surface area contributed by atoms with E-state index < -0.39 is 0 Å². The molecule has 0 spiro atoms. The van der Waals surface area contributed by atoms with Crippen molar-refractivity contribution in [3.8, 4) is 17.2 Å². The van der Waals surface area contributed by atoms with Crippen molar-refractivity contribution >= 4 is 22.2 Å². The molecule has 0 radical (unpaired) electrons. The fourth-order valence-electron chi connectivity index (χ4n) is 2.52. The molecule has 0 aliphatic carbocycles. The monoisotopic (exact) mass is 406 g/mol. The van der Waals surface area contributed by atoms with Crippen molar-refractivity contribution in [3.63, 3.8) is 0 Å². The fourth-order valence-corrected chi connectivity index (χ4v) is 3.31. The minimum atomic E-state index is 0.564. The van der Waals surface area contributed by atoms with Gasteiger partial charge in [-0.1, -0.05) is 6.07 Å². The Labute approximate surface area is 157 Å². The van der Waals surface area contributed by atoms with E-state index in [1.807, 2.05) is 6.92 Å². The zero-order valence-electron chi connectivity index (χ0n) is 14.8. The molecule has 0 atom stereocenters. The number of carbonyl (C=O) groups is 1. The van der Waals surface area contributed by atoms with Crippen LogP contribution in [0.15, 0.2) is 34.8 Å². The van der Waals surface area contributed by atoms with E-state index in [0.29, 0.717) is 30.3 Å². The predicted molar refractivity (Wildman–Crippen MR) is 102 cm³/mol. The molecule has 0 bridgehead atoms. The van der Waals surface area contributed by atoms with Gasteiger partial charge in [0.25, 0.3) is 0 Å². The Kier molecular flexibility index (Phi) is 7.31. The average molecular weight is 407 g/mol. The van der Waals surface area contributed by atoms with Gasteiger partial charge in [0.15, 0.2) is 11.5 Å². The molecule has 0 amide bonds. The first-order valence-corrected chi connectivity index (χ1v) is 9.00. The first kappa shape index (κ1) is 19.3. The third-order valence-corrected chi connectivity index (χ3v) is 4.33. The second-order valence-corrected chi connectivity index (χ2v) is 6.68. The van der Waals surface area contributed by atoms with Crippen molar-refractivity contribution < 1.29 is 19.0 Å². The Morgan fingerprint density at radius 3 is 2.36 bits per heavy atom. The van der Waals surface area contributed by atoms with Crippen LogP contribution in [0.4, 0.5) is 0 Å². The topological polar surface area (TPSA) is 44.8 Å². The second-order valence-electron chi connectivity index (χ2n) is 5.82. The van der Waals surface area contributed by atoms with Crippen LogP contribution in [0.3, 0.4) is 0 Å². The molecule has 0 heterocycles. The molecule has 0 aliphatic rings. The Hall–Kier alpha value is -2.01. The van der Waals surface area contributed by atoms with Gasteiger partial charge in [0.05, 0.1) is 24.8 Å². The van der Waals surface area contributed by atoms with Gasteiger partial charge in [0.2, 0.25) is 0 Å². The summed E-state index contributed by atoms with van der Waals surface area (Å²) in [4.78, 5) is 10.8. The largest absolute Gasteiger partial charge is 0.493 e. The molecule has 0 aromatic heterocycles. The minimum absolute atomic E-state index is 0.564. The molecule has 2 rings (SSSR count). The molecular formula is C20H23BrO4. The molecule has 2 aromatic rings. The Bertz CT molecular complexity index is 705. The minimum Gasteiger partial charge on any atom is -0.493 e. The molecule has 25 heavy (non-hydrogen) atoms. The van der Waals surface area contributed by atoms with E-state index >= 15 is 0 Å². The van der Waals surface area contributed by atoms with Crippen LogP contribution >= 0.6 is 15.9 Å². The smallest absolute Gasteiger partial charge is 0.161 e. The van der Waals surface area contributed by atoms with E-state index in [1.54, 1.807) is 25.3 Å². The molecule has 0 saturated heterocycles. The summed E-state index contributed by atoms with van der Waals surface area (Å²) in [7, 11) is 1.56. The van der Waals surface area contributed by atoms with Crippen molar-refractivity contribution in [3.05, 3.63) is 51.5 Å². The normalized spacial score (nSPS) is 10.4. The van der Waals surface area contributed by atoms with E-state index in [9.17, 15) is 4.79 Å². The van der Waals surface area contributed by atoms with E-state index in [0.717, 1.165) is 34.9 Å². The lowest BCUT2D eigenvalue weighted by molar-refractivity contribution is 0.112. The number of halogens is 1. The SMILES string of the molecule is COc1cc(C=O)ccc1OCCCCOc1c(C)cc(C)cc1Br. The van der Waals surface area contributed by atoms with Crippen LogP contribution in [0, 0.1) is 13.8 Å². The number of unbranched alkanes of at least 4 members (excludes halogenated alkanes) is 1. The van der Waals surface area contributed by atoms with Gasteiger partial charge >= 0.3 is 0 Å². The van der Waals surface area contributed by atoms with Crippen molar-refractivity contribution in [2.75, 3.05) is 20.3 Å². The standard InChI is InChI=1S/C20H23BrO4/c1-14-10-15(2)20(17(21)11-14)25-9-5-4-8-24-18-7-6-16(13-22)12-19(18)23-3/h6-7,10-13H,4-5,8-9H2,1-3H3. The number of hydrogen-bond acceptors (Lipinski definition) is 4. The van der Waals surface area contributed by atoms with Crippen molar-refractivity contribution in [1.82, 2.24) is 0 Å². The second kappa shape index (κ2) is 9.47. The van der Waals surface area contributed by atoms with Gasteiger partial charge in [0.1, 0.15) is 12.0 Å². The maximum Gasteiger partial charge on any atom is 0.161 e. The van der Waals surface area contributed by atoms with Crippen LogP contribution in [0.5, 0.6) is 17.2 Å². The summed E-state index contributed by atoms with van der Waals surface area (Å²) >= 11 is 3.55. The van der Waals surface area contributed by atoms with Crippen molar-refractivity contribution in [1.29, 1.82) is 0 Å². The highest BCUT2D eigenvalue weighted by Gasteiger charge is 2.07. The van der Waals surface area contributed by atoms with Crippen LogP contribution in [-0.2, 0) is 0 Å². The van der Waals surface area contributed by atoms with Crippen molar-refractivity contribution in [2.24, 2.45) is 0 Å². The first-order chi connectivity index (χ1) is 12.0. The van der Waals surface area contributed by atoms with Crippen molar-refractivity contribution in [2.45, 2.75) is 26.7 Å². The highest BCUT2D eigenvalue weighted by atomic mass is 79.9. The summed E-state index contributed by atoms with van der Waals surface area (Å²) < 4.78 is 17.9. The Morgan fingerprint density at radius 1 is 1.00 bits per heavy atom. The molecule has 4 nitrogen and oxygen atoms in total. The summed E-state index contributed by atoms with van der Waals surface area (Å²) in [5, 5.41) is 0. The lowest BCUT2D eigenvalue weighted by Gasteiger charge is -2.13. The van der Waals surface area contributed by atoms with Crippen LogP contribution in [0.25, 0.3) is 0 Å². The summed E-state index contributed by atoms with van der Waals surface area (Å²) in [6.45, 7) is 5.31. The summed E-state index contributed by atoms with van der Waals surface area (Å²) in [6.07, 6.45) is 2.53. The zero-order valence-corrected chi connectivity index (χ0v) is 16.4. The highest BCUT2D eigenvalue weighted by molar-refractivity contribution is 9.10. The number of hydrogen-bond donors (Lipinski definition) is 0. The third-order valence-electron chi connectivity index (χ3n) is 3.74. The van der Waals surface area contributed by atoms with Gasteiger partial charge in [-0.25, -0.2) is 0 Å². The fraction of sp³-hybridized carbons (Fsp3) is 0.350. The van der Waals surface area contributed by atoms with Gasteiger partial charge in [-0.3, -0.25) is 4.79 Å². The lowest BCUT2D eigenvalue weighted by Crippen LogP contribution is -2.04. The van der Waals surface area contributed by atoms with Gasteiger partial charge in [-0.05, 0) is 78.0 Å². The summed E-state index contributed by atoms with van der Waals surface area (Å²) in [6, 6.07) is 9.31. The number of ether oxygens (including phenoxy) is 3. The van der Waals surface area contributed by atoms with E-state index in [1.165, 1.54) is 5.56 Å². The molecular weight excluding hydrogens is 384 g/mol. The van der Waals surface area contributed by atoms with Crippen LogP contribution in [-0.4, -0.2) is 26.6 Å². The third kappa shape index (κ3) is 5.49. The van der Waals surface area contributed by atoms with E-state index in [4.69, 9.17) is 14.2 Å². The molecule has 134 valence electrons. The number of methoxy groups -OCH3 is 1. The number of carbonyl (C=O) groups excluding carboxylic acids is 1. The maximum absolute atomic E-state index is 10.8. The molecule has 0 saturated carbocycles. The number of aryl methyl sites for hydroxylation is 2. The van der Waals surface area contributed by atoms with Crippen LogP contribution in [0.2, 0.25) is 0 Å². The van der Waals surface area contributed by atoms with E-state index in [2.05, 4.69) is 35.0 Å². The molecule has 5 heteroatoms. The number of rotatable bonds is 9. The predicted octanol–water partition coefficient (Wildman–Crippen LogP) is 5.13. The van der Waals surface area contributed by atoms with Crippen LogP contribution < -0.4 is 14.2 Å². The molecule has 0 fully saturated rings. The molecule has 0 unspecified atom stereocenters. The number of benzene rings is 2. The molecule has 0 aliphatic heterocycles. The molecule has 0 N–H and O–H groups in total. The van der Waals surface area contributed by atoms with Gasteiger partial charge < -0.3 is 14.2 Å². The van der Waals surface area contributed by atoms with Gasteiger partial charge in [0, 0.05) is 5.56 Å². The quantitative estimate of drug-likeness (QED) is 0.427. The van der Waals surface area contributed by atoms with E-state index in [-0.39, 0.29) is 0 Å². The lowest BCUT2D eigenvalue weighted by atomic mass is 10.1. The maximum atomic E-state index is 10.8. The zero-order chi connectivity index (χ0) is 18.2.